The summed E-state index contributed by atoms with van der Waals surface area (Å²) in [5.74, 6) is 6.27. The Labute approximate surface area is 131 Å². The van der Waals surface area contributed by atoms with Gasteiger partial charge in [-0.15, -0.1) is 0 Å². The quantitative estimate of drug-likeness (QED) is 0.561. The van der Waals surface area contributed by atoms with Gasteiger partial charge in [-0.25, -0.2) is 0 Å². The average molecular weight is 296 g/mol. The molecule has 0 saturated heterocycles. The molecule has 106 valence electrons. The molecule has 2 heteroatoms. The summed E-state index contributed by atoms with van der Waals surface area (Å²) in [6, 6.07) is 11.9. The Morgan fingerprint density at radius 3 is 2.52 bits per heavy atom. The van der Waals surface area contributed by atoms with E-state index in [1.807, 2.05) is 24.3 Å². The van der Waals surface area contributed by atoms with Crippen LogP contribution in [0.3, 0.4) is 0 Å². The highest BCUT2D eigenvalue weighted by Crippen LogP contribution is 2.14. The van der Waals surface area contributed by atoms with E-state index in [-0.39, 0.29) is 0 Å². The van der Waals surface area contributed by atoms with Crippen molar-refractivity contribution in [2.45, 2.75) is 20.8 Å². The summed E-state index contributed by atoms with van der Waals surface area (Å²) in [6.45, 7) is 6.78. The summed E-state index contributed by atoms with van der Waals surface area (Å²) >= 11 is 6.06. The Morgan fingerprint density at radius 1 is 1.05 bits per heavy atom. The van der Waals surface area contributed by atoms with E-state index in [4.69, 9.17) is 11.6 Å². The van der Waals surface area contributed by atoms with E-state index in [0.717, 1.165) is 11.1 Å². The van der Waals surface area contributed by atoms with Crippen molar-refractivity contribution >= 4 is 17.8 Å². The standard InChI is InChI=1S/C19H18ClN/c1-14-11-16(3)17(12-15(14)2)8-6-10-21-13-18-7-4-5-9-19(18)20/h4-5,7,9,11-13H,10H2,1-3H3/b21-13+. The molecule has 0 fully saturated rings. The van der Waals surface area contributed by atoms with Crippen LogP contribution in [0.5, 0.6) is 0 Å². The molecule has 2 rings (SSSR count). The molecule has 0 saturated carbocycles. The van der Waals surface area contributed by atoms with Crippen molar-refractivity contribution < 1.29 is 0 Å². The second-order valence-electron chi connectivity index (χ2n) is 5.04. The number of aliphatic imine (C=N–C) groups is 1. The molecule has 0 atom stereocenters. The Hall–Kier alpha value is -2.04. The van der Waals surface area contributed by atoms with Crippen LogP contribution in [0.1, 0.15) is 27.8 Å². The van der Waals surface area contributed by atoms with E-state index in [1.54, 1.807) is 6.21 Å². The maximum absolute atomic E-state index is 6.06. The van der Waals surface area contributed by atoms with Gasteiger partial charge in [-0.2, -0.15) is 0 Å². The molecule has 0 aliphatic heterocycles. The van der Waals surface area contributed by atoms with Crippen LogP contribution in [0.2, 0.25) is 5.02 Å². The Kier molecular flexibility index (Phi) is 5.20. The van der Waals surface area contributed by atoms with Gasteiger partial charge in [-0.1, -0.05) is 47.7 Å². The molecule has 0 N–H and O–H groups in total. The molecular formula is C19H18ClN. The lowest BCUT2D eigenvalue weighted by Crippen LogP contribution is -1.89. The van der Waals surface area contributed by atoms with Crippen LogP contribution >= 0.6 is 11.6 Å². The molecule has 21 heavy (non-hydrogen) atoms. The first-order chi connectivity index (χ1) is 10.1. The summed E-state index contributed by atoms with van der Waals surface area (Å²) in [4.78, 5) is 4.30. The number of benzene rings is 2. The van der Waals surface area contributed by atoms with Crippen LogP contribution < -0.4 is 0 Å². The van der Waals surface area contributed by atoms with Crippen molar-refractivity contribution in [3.63, 3.8) is 0 Å². The molecule has 0 amide bonds. The fourth-order valence-corrected chi connectivity index (χ4v) is 2.18. The van der Waals surface area contributed by atoms with Crippen LogP contribution in [0.4, 0.5) is 0 Å². The highest BCUT2D eigenvalue weighted by atomic mass is 35.5. The third-order valence-corrected chi connectivity index (χ3v) is 3.71. The van der Waals surface area contributed by atoms with E-state index in [0.29, 0.717) is 11.6 Å². The van der Waals surface area contributed by atoms with Crippen molar-refractivity contribution in [3.8, 4) is 11.8 Å². The minimum atomic E-state index is 0.470. The summed E-state index contributed by atoms with van der Waals surface area (Å²) in [7, 11) is 0. The zero-order valence-electron chi connectivity index (χ0n) is 12.6. The molecule has 0 radical (unpaired) electrons. The lowest BCUT2D eigenvalue weighted by Gasteiger charge is -2.03. The second kappa shape index (κ2) is 7.11. The van der Waals surface area contributed by atoms with Crippen molar-refractivity contribution in [3.05, 3.63) is 69.2 Å². The van der Waals surface area contributed by atoms with Gasteiger partial charge in [0.05, 0.1) is 0 Å². The predicted octanol–water partition coefficient (Wildman–Crippen LogP) is 4.74. The van der Waals surface area contributed by atoms with Gasteiger partial charge >= 0.3 is 0 Å². The number of nitrogens with zero attached hydrogens (tertiary/aromatic N) is 1. The summed E-state index contributed by atoms with van der Waals surface area (Å²) in [5.41, 5.74) is 5.77. The number of halogens is 1. The van der Waals surface area contributed by atoms with Crippen molar-refractivity contribution in [1.29, 1.82) is 0 Å². The summed E-state index contributed by atoms with van der Waals surface area (Å²) in [5, 5.41) is 0.708. The molecule has 0 spiro atoms. The van der Waals surface area contributed by atoms with E-state index in [1.165, 1.54) is 16.7 Å². The van der Waals surface area contributed by atoms with Gasteiger partial charge < -0.3 is 0 Å². The summed E-state index contributed by atoms with van der Waals surface area (Å²) in [6.07, 6.45) is 1.77. The minimum absolute atomic E-state index is 0.470. The third-order valence-electron chi connectivity index (χ3n) is 3.37. The predicted molar refractivity (Wildman–Crippen MR) is 91.4 cm³/mol. The minimum Gasteiger partial charge on any atom is -0.280 e. The first kappa shape index (κ1) is 15.4. The summed E-state index contributed by atoms with van der Waals surface area (Å²) < 4.78 is 0. The smallest absolute Gasteiger partial charge is 0.100 e. The second-order valence-corrected chi connectivity index (χ2v) is 5.45. The van der Waals surface area contributed by atoms with Gasteiger partial charge in [0.15, 0.2) is 0 Å². The molecule has 2 aromatic rings. The zero-order chi connectivity index (χ0) is 15.2. The van der Waals surface area contributed by atoms with E-state index < -0.39 is 0 Å². The SMILES string of the molecule is Cc1cc(C)c(C#CC/N=C/c2ccccc2Cl)cc1C. The van der Waals surface area contributed by atoms with Crippen LogP contribution in [0.15, 0.2) is 41.4 Å². The third kappa shape index (κ3) is 4.21. The van der Waals surface area contributed by atoms with E-state index in [9.17, 15) is 0 Å². The van der Waals surface area contributed by atoms with Crippen LogP contribution in [0.25, 0.3) is 0 Å². The monoisotopic (exact) mass is 295 g/mol. The van der Waals surface area contributed by atoms with Gasteiger partial charge in [-0.3, -0.25) is 4.99 Å². The molecule has 0 bridgehead atoms. The maximum atomic E-state index is 6.06. The average Bonchev–Trinajstić information content (AvgIpc) is 2.45. The molecule has 2 aromatic carbocycles. The van der Waals surface area contributed by atoms with Gasteiger partial charge in [0.2, 0.25) is 0 Å². The Bertz CT molecular complexity index is 733. The van der Waals surface area contributed by atoms with Crippen LogP contribution in [-0.4, -0.2) is 12.8 Å². The van der Waals surface area contributed by atoms with Crippen LogP contribution in [-0.2, 0) is 0 Å². The highest BCUT2D eigenvalue weighted by molar-refractivity contribution is 6.33. The molecule has 0 heterocycles. The largest absolute Gasteiger partial charge is 0.280 e. The molecule has 0 aromatic heterocycles. The lowest BCUT2D eigenvalue weighted by atomic mass is 10.0. The van der Waals surface area contributed by atoms with Gasteiger partial charge in [-0.05, 0) is 49.6 Å². The number of aryl methyl sites for hydroxylation is 3. The Morgan fingerprint density at radius 2 is 1.76 bits per heavy atom. The molecule has 0 unspecified atom stereocenters. The van der Waals surface area contributed by atoms with E-state index in [2.05, 4.69) is 49.7 Å². The first-order valence-corrected chi connectivity index (χ1v) is 7.27. The maximum Gasteiger partial charge on any atom is 0.100 e. The van der Waals surface area contributed by atoms with Gasteiger partial charge in [0.25, 0.3) is 0 Å². The topological polar surface area (TPSA) is 12.4 Å². The fraction of sp³-hybridized carbons (Fsp3) is 0.211. The zero-order valence-corrected chi connectivity index (χ0v) is 13.3. The molecular weight excluding hydrogens is 278 g/mol. The normalized spacial score (nSPS) is 10.5. The van der Waals surface area contributed by atoms with Crippen molar-refractivity contribution in [2.24, 2.45) is 4.99 Å². The highest BCUT2D eigenvalue weighted by Gasteiger charge is 1.98. The fourth-order valence-electron chi connectivity index (χ4n) is 2.00. The molecule has 0 aliphatic rings. The Balaban J connectivity index is 2.05. The van der Waals surface area contributed by atoms with Crippen molar-refractivity contribution in [2.75, 3.05) is 6.54 Å². The van der Waals surface area contributed by atoms with E-state index >= 15 is 0 Å². The molecule has 0 aliphatic carbocycles. The number of hydrogen-bond donors (Lipinski definition) is 0. The van der Waals surface area contributed by atoms with Crippen molar-refractivity contribution in [1.82, 2.24) is 0 Å². The first-order valence-electron chi connectivity index (χ1n) is 6.89. The van der Waals surface area contributed by atoms with Crippen LogP contribution in [0, 0.1) is 32.6 Å². The van der Waals surface area contributed by atoms with Gasteiger partial charge in [0, 0.05) is 22.4 Å². The molecule has 1 nitrogen and oxygen atoms in total. The van der Waals surface area contributed by atoms with Gasteiger partial charge in [0.1, 0.15) is 6.54 Å². The number of rotatable bonds is 2. The lowest BCUT2D eigenvalue weighted by molar-refractivity contribution is 1.28. The number of hydrogen-bond acceptors (Lipinski definition) is 1.